The maximum atomic E-state index is 12.9. The molecule has 3 nitrogen and oxygen atoms in total. The minimum absolute atomic E-state index is 0.248. The van der Waals surface area contributed by atoms with Crippen LogP contribution < -0.4 is 5.32 Å². The van der Waals surface area contributed by atoms with Crippen molar-refractivity contribution in [1.82, 2.24) is 10.2 Å². The number of nitrogens with one attached hydrogen (secondary N) is 1. The number of benzene rings is 2. The van der Waals surface area contributed by atoms with E-state index in [-0.39, 0.29) is 11.8 Å². The third-order valence-corrected chi connectivity index (χ3v) is 3.77. The molecule has 0 spiro atoms. The zero-order chi connectivity index (χ0) is 15.5. The molecule has 22 heavy (non-hydrogen) atoms. The molecule has 3 rings (SSSR count). The Morgan fingerprint density at radius 2 is 1.77 bits per heavy atom. The van der Waals surface area contributed by atoms with Gasteiger partial charge in [0.2, 0.25) is 0 Å². The van der Waals surface area contributed by atoms with Crippen molar-refractivity contribution in [3.63, 3.8) is 0 Å². The van der Waals surface area contributed by atoms with Crippen molar-refractivity contribution >= 4 is 29.3 Å². The fourth-order valence-electron chi connectivity index (χ4n) is 2.21. The number of halogens is 1. The summed E-state index contributed by atoms with van der Waals surface area (Å²) in [5.41, 5.74) is 2.34. The topological polar surface area (TPSA) is 32.3 Å². The Kier molecular flexibility index (Phi) is 3.98. The first-order valence-corrected chi connectivity index (χ1v) is 7.18. The molecule has 0 unspecified atom stereocenters. The molecule has 0 atom stereocenters. The Balaban J connectivity index is 1.80. The number of hydrogen-bond donors (Lipinski definition) is 1. The lowest BCUT2D eigenvalue weighted by atomic mass is 10.2. The van der Waals surface area contributed by atoms with E-state index in [1.54, 1.807) is 18.2 Å². The maximum absolute atomic E-state index is 12.9. The standard InChI is InChI=1S/C17H13FN2OS/c18-14-8-6-12(7-9-14)10-15-16(22)20(17(21)19-15)11-13-4-2-1-3-5-13/h1-10H,11H2,(H,19,21)/b15-10-. The molecule has 0 bridgehead atoms. The molecule has 1 heterocycles. The first-order chi connectivity index (χ1) is 10.6. The van der Waals surface area contributed by atoms with Crippen LogP contribution in [0.1, 0.15) is 11.1 Å². The van der Waals surface area contributed by atoms with Crippen LogP contribution in [-0.2, 0) is 6.54 Å². The number of carbonyl (C=O) groups excluding carboxylic acids is 1. The average Bonchev–Trinajstić information content (AvgIpc) is 2.78. The third-order valence-electron chi connectivity index (χ3n) is 3.33. The van der Waals surface area contributed by atoms with Crippen molar-refractivity contribution < 1.29 is 9.18 Å². The van der Waals surface area contributed by atoms with E-state index in [4.69, 9.17) is 12.2 Å². The lowest BCUT2D eigenvalue weighted by Crippen LogP contribution is -2.29. The predicted molar refractivity (Wildman–Crippen MR) is 87.5 cm³/mol. The van der Waals surface area contributed by atoms with Gasteiger partial charge in [0.05, 0.1) is 12.2 Å². The molecule has 1 aliphatic heterocycles. The summed E-state index contributed by atoms with van der Waals surface area (Å²) < 4.78 is 12.9. The second-order valence-corrected chi connectivity index (χ2v) is 5.30. The van der Waals surface area contributed by atoms with Gasteiger partial charge >= 0.3 is 6.03 Å². The smallest absolute Gasteiger partial charge is 0.305 e. The number of carbonyl (C=O) groups is 1. The predicted octanol–water partition coefficient (Wildman–Crippen LogP) is 3.72. The van der Waals surface area contributed by atoms with Crippen LogP contribution in [0, 0.1) is 5.82 Å². The molecule has 1 saturated heterocycles. The van der Waals surface area contributed by atoms with Crippen LogP contribution in [0.5, 0.6) is 0 Å². The van der Waals surface area contributed by atoms with Gasteiger partial charge < -0.3 is 5.32 Å². The van der Waals surface area contributed by atoms with E-state index in [1.807, 2.05) is 30.3 Å². The summed E-state index contributed by atoms with van der Waals surface area (Å²) in [6.07, 6.45) is 1.74. The van der Waals surface area contributed by atoms with Crippen LogP contribution in [0.15, 0.2) is 60.3 Å². The lowest BCUT2D eigenvalue weighted by molar-refractivity contribution is 0.228. The molecule has 0 radical (unpaired) electrons. The number of urea groups is 1. The fourth-order valence-corrected chi connectivity index (χ4v) is 2.46. The maximum Gasteiger partial charge on any atom is 0.327 e. The first kappa shape index (κ1) is 14.4. The van der Waals surface area contributed by atoms with Gasteiger partial charge in [-0.05, 0) is 29.3 Å². The van der Waals surface area contributed by atoms with E-state index in [9.17, 15) is 9.18 Å². The fraction of sp³-hybridized carbons (Fsp3) is 0.0588. The van der Waals surface area contributed by atoms with Crippen LogP contribution in [0.25, 0.3) is 6.08 Å². The monoisotopic (exact) mass is 312 g/mol. The van der Waals surface area contributed by atoms with Crippen molar-refractivity contribution in [2.45, 2.75) is 6.54 Å². The van der Waals surface area contributed by atoms with E-state index >= 15 is 0 Å². The molecule has 1 fully saturated rings. The molecule has 110 valence electrons. The SMILES string of the molecule is O=C1N/C(=C\c2ccc(F)cc2)C(=S)N1Cc1ccccc1. The highest BCUT2D eigenvalue weighted by atomic mass is 32.1. The molecule has 0 aromatic heterocycles. The Hall–Kier alpha value is -2.53. The van der Waals surface area contributed by atoms with Gasteiger partial charge in [-0.25, -0.2) is 9.18 Å². The minimum Gasteiger partial charge on any atom is -0.305 e. The zero-order valence-corrected chi connectivity index (χ0v) is 12.4. The van der Waals surface area contributed by atoms with Gasteiger partial charge in [0, 0.05) is 0 Å². The molecule has 0 aliphatic carbocycles. The highest BCUT2D eigenvalue weighted by molar-refractivity contribution is 7.80. The van der Waals surface area contributed by atoms with Crippen LogP contribution in [0.3, 0.4) is 0 Å². The Bertz CT molecular complexity index is 741. The number of hydrogen-bond acceptors (Lipinski definition) is 2. The van der Waals surface area contributed by atoms with Crippen LogP contribution in [0.2, 0.25) is 0 Å². The van der Waals surface area contributed by atoms with Gasteiger partial charge in [0.15, 0.2) is 0 Å². The second kappa shape index (κ2) is 6.07. The van der Waals surface area contributed by atoms with E-state index in [2.05, 4.69) is 5.32 Å². The normalized spacial score (nSPS) is 16.2. The molecule has 2 aromatic carbocycles. The van der Waals surface area contributed by atoms with Crippen molar-refractivity contribution in [3.8, 4) is 0 Å². The van der Waals surface area contributed by atoms with Gasteiger partial charge in [0.25, 0.3) is 0 Å². The van der Waals surface area contributed by atoms with E-state index in [0.29, 0.717) is 17.2 Å². The summed E-state index contributed by atoms with van der Waals surface area (Å²) in [6.45, 7) is 0.423. The largest absolute Gasteiger partial charge is 0.327 e. The van der Waals surface area contributed by atoms with E-state index < -0.39 is 0 Å². The molecule has 1 aliphatic rings. The summed E-state index contributed by atoms with van der Waals surface area (Å²) in [7, 11) is 0. The summed E-state index contributed by atoms with van der Waals surface area (Å²) in [4.78, 5) is 14.0. The molecular weight excluding hydrogens is 299 g/mol. The van der Waals surface area contributed by atoms with Crippen molar-refractivity contribution in [1.29, 1.82) is 0 Å². The number of thiocarbonyl (C=S) groups is 1. The van der Waals surface area contributed by atoms with E-state index in [0.717, 1.165) is 11.1 Å². The van der Waals surface area contributed by atoms with Crippen LogP contribution in [0.4, 0.5) is 9.18 Å². The molecule has 2 amide bonds. The molecule has 2 aromatic rings. The Morgan fingerprint density at radius 3 is 2.45 bits per heavy atom. The van der Waals surface area contributed by atoms with Gasteiger partial charge in [-0.1, -0.05) is 54.7 Å². The van der Waals surface area contributed by atoms with E-state index in [1.165, 1.54) is 17.0 Å². The Morgan fingerprint density at radius 1 is 1.09 bits per heavy atom. The summed E-state index contributed by atoms with van der Waals surface area (Å²) in [5.74, 6) is -0.300. The molecular formula is C17H13FN2OS. The molecule has 5 heteroatoms. The van der Waals surface area contributed by atoms with Crippen LogP contribution in [-0.4, -0.2) is 15.9 Å². The van der Waals surface area contributed by atoms with Gasteiger partial charge in [-0.15, -0.1) is 0 Å². The van der Waals surface area contributed by atoms with Gasteiger partial charge in [-0.3, -0.25) is 4.90 Å². The second-order valence-electron chi connectivity index (χ2n) is 4.92. The van der Waals surface area contributed by atoms with Crippen molar-refractivity contribution in [2.24, 2.45) is 0 Å². The van der Waals surface area contributed by atoms with Gasteiger partial charge in [0.1, 0.15) is 10.8 Å². The quantitative estimate of drug-likeness (QED) is 0.692. The molecule has 0 saturated carbocycles. The highest BCUT2D eigenvalue weighted by Crippen LogP contribution is 2.18. The number of nitrogens with zero attached hydrogens (tertiary/aromatic N) is 1. The zero-order valence-electron chi connectivity index (χ0n) is 11.6. The number of amides is 2. The lowest BCUT2D eigenvalue weighted by Gasteiger charge is -2.13. The van der Waals surface area contributed by atoms with Crippen LogP contribution >= 0.6 is 12.2 Å². The summed E-state index contributed by atoms with van der Waals surface area (Å²) in [6, 6.07) is 15.4. The third kappa shape index (κ3) is 3.04. The molecule has 1 N–H and O–H groups in total. The van der Waals surface area contributed by atoms with Gasteiger partial charge in [-0.2, -0.15) is 0 Å². The minimum atomic E-state index is -0.300. The van der Waals surface area contributed by atoms with Crippen molar-refractivity contribution in [2.75, 3.05) is 0 Å². The first-order valence-electron chi connectivity index (χ1n) is 6.77. The highest BCUT2D eigenvalue weighted by Gasteiger charge is 2.29. The number of rotatable bonds is 3. The summed E-state index contributed by atoms with van der Waals surface area (Å²) >= 11 is 5.36. The Labute approximate surface area is 133 Å². The summed E-state index contributed by atoms with van der Waals surface area (Å²) in [5, 5.41) is 2.75. The van der Waals surface area contributed by atoms with Crippen molar-refractivity contribution in [3.05, 3.63) is 77.2 Å². The average molecular weight is 312 g/mol.